The van der Waals surface area contributed by atoms with Gasteiger partial charge in [-0.3, -0.25) is 24.5 Å². The molecule has 1 N–H and O–H groups in total. The van der Waals surface area contributed by atoms with Crippen LogP contribution in [0.3, 0.4) is 0 Å². The van der Waals surface area contributed by atoms with Crippen molar-refractivity contribution < 1.29 is 9.72 Å². The standard InChI is InChI=1S/C30H26N6O3S/c1-21-7-5-10-23(17-21)20-40-30-34-33-28(35(30)25-12-14-26(15-13-25)36(38)39)27(18-22-8-3-2-4-9-22)32-29(37)24-11-6-16-31-19-24/h2-17,19,27H,18,20H2,1H3,(H,32,37). The summed E-state index contributed by atoms with van der Waals surface area (Å²) >= 11 is 1.51. The first kappa shape index (κ1) is 26.8. The first-order valence-electron chi connectivity index (χ1n) is 12.6. The maximum Gasteiger partial charge on any atom is 0.269 e. The Bertz CT molecular complexity index is 1610. The maximum atomic E-state index is 13.2. The van der Waals surface area contributed by atoms with E-state index in [0.717, 1.165) is 16.7 Å². The molecule has 0 fully saturated rings. The molecule has 0 radical (unpaired) electrons. The number of nitro groups is 1. The molecular weight excluding hydrogens is 524 g/mol. The minimum absolute atomic E-state index is 0.0157. The second kappa shape index (κ2) is 12.4. The second-order valence-corrected chi connectivity index (χ2v) is 10.1. The summed E-state index contributed by atoms with van der Waals surface area (Å²) in [4.78, 5) is 28.2. The largest absolute Gasteiger partial charge is 0.342 e. The number of rotatable bonds is 10. The van der Waals surface area contributed by atoms with E-state index in [1.807, 2.05) is 54.0 Å². The highest BCUT2D eigenvalue weighted by atomic mass is 32.2. The molecule has 5 rings (SSSR count). The summed E-state index contributed by atoms with van der Waals surface area (Å²) in [5.41, 5.74) is 4.37. The minimum atomic E-state index is -0.550. The van der Waals surface area contributed by atoms with Gasteiger partial charge in [-0.05, 0) is 48.7 Å². The summed E-state index contributed by atoms with van der Waals surface area (Å²) in [5, 5.41) is 24.1. The predicted molar refractivity (Wildman–Crippen MR) is 153 cm³/mol. The van der Waals surface area contributed by atoms with Crippen LogP contribution in [0.4, 0.5) is 5.69 Å². The average Bonchev–Trinajstić information content (AvgIpc) is 3.41. The smallest absolute Gasteiger partial charge is 0.269 e. The quantitative estimate of drug-likeness (QED) is 0.131. The normalized spacial score (nSPS) is 11.6. The Balaban J connectivity index is 1.55. The molecule has 1 atom stereocenters. The zero-order chi connectivity index (χ0) is 27.9. The number of thioether (sulfide) groups is 1. The van der Waals surface area contributed by atoms with Gasteiger partial charge in [-0.1, -0.05) is 71.9 Å². The van der Waals surface area contributed by atoms with Gasteiger partial charge in [0.15, 0.2) is 11.0 Å². The molecule has 5 aromatic rings. The molecule has 0 spiro atoms. The molecule has 2 heterocycles. The minimum Gasteiger partial charge on any atom is -0.342 e. The Kier molecular flexibility index (Phi) is 8.26. The van der Waals surface area contributed by atoms with E-state index >= 15 is 0 Å². The number of benzene rings is 3. The van der Waals surface area contributed by atoms with E-state index in [4.69, 9.17) is 0 Å². The molecule has 1 amide bonds. The molecular formula is C30H26N6O3S. The number of nitrogens with one attached hydrogen (secondary N) is 1. The summed E-state index contributed by atoms with van der Waals surface area (Å²) in [7, 11) is 0. The summed E-state index contributed by atoms with van der Waals surface area (Å²) in [6, 6.07) is 27.1. The summed E-state index contributed by atoms with van der Waals surface area (Å²) in [5.74, 6) is 0.876. The number of non-ortho nitro benzene ring substituents is 1. The van der Waals surface area contributed by atoms with Crippen LogP contribution < -0.4 is 5.32 Å². The zero-order valence-corrected chi connectivity index (χ0v) is 22.5. The van der Waals surface area contributed by atoms with Crippen LogP contribution in [0.25, 0.3) is 5.69 Å². The molecule has 0 aliphatic heterocycles. The molecule has 1 unspecified atom stereocenters. The van der Waals surface area contributed by atoms with E-state index in [-0.39, 0.29) is 11.6 Å². The SMILES string of the molecule is Cc1cccc(CSc2nnc(C(Cc3ccccc3)NC(=O)c3cccnc3)n2-c2ccc([N+](=O)[O-])cc2)c1. The highest BCUT2D eigenvalue weighted by Crippen LogP contribution is 2.30. The molecule has 10 heteroatoms. The van der Waals surface area contributed by atoms with Crippen molar-refractivity contribution in [2.45, 2.75) is 30.3 Å². The van der Waals surface area contributed by atoms with Crippen molar-refractivity contribution in [3.8, 4) is 5.69 Å². The van der Waals surface area contributed by atoms with Crippen molar-refractivity contribution in [3.63, 3.8) is 0 Å². The third-order valence-electron chi connectivity index (χ3n) is 6.25. The van der Waals surface area contributed by atoms with Crippen LogP contribution in [0.1, 0.15) is 38.9 Å². The Labute approximate surface area is 235 Å². The Hall–Kier alpha value is -4.83. The zero-order valence-electron chi connectivity index (χ0n) is 21.7. The van der Waals surface area contributed by atoms with Gasteiger partial charge in [0.1, 0.15) is 0 Å². The van der Waals surface area contributed by atoms with Crippen LogP contribution in [-0.2, 0) is 12.2 Å². The number of nitrogens with zero attached hydrogens (tertiary/aromatic N) is 5. The number of pyridine rings is 1. The Morgan fingerprint density at radius 3 is 2.45 bits per heavy atom. The van der Waals surface area contributed by atoms with Crippen molar-refractivity contribution in [1.82, 2.24) is 25.1 Å². The van der Waals surface area contributed by atoms with E-state index < -0.39 is 11.0 Å². The van der Waals surface area contributed by atoms with Crippen LogP contribution >= 0.6 is 11.8 Å². The predicted octanol–water partition coefficient (Wildman–Crippen LogP) is 5.89. The fourth-order valence-corrected chi connectivity index (χ4v) is 5.21. The van der Waals surface area contributed by atoms with Crippen LogP contribution in [0, 0.1) is 17.0 Å². The number of aromatic nitrogens is 4. The second-order valence-electron chi connectivity index (χ2n) is 9.18. The van der Waals surface area contributed by atoms with Gasteiger partial charge >= 0.3 is 0 Å². The van der Waals surface area contributed by atoms with Crippen molar-refractivity contribution in [2.75, 3.05) is 0 Å². The molecule has 40 heavy (non-hydrogen) atoms. The molecule has 2 aromatic heterocycles. The van der Waals surface area contributed by atoms with E-state index in [1.165, 1.54) is 30.1 Å². The van der Waals surface area contributed by atoms with Gasteiger partial charge in [-0.15, -0.1) is 10.2 Å². The molecule has 0 saturated heterocycles. The monoisotopic (exact) mass is 550 g/mol. The number of carbonyl (C=O) groups excluding carboxylic acids is 1. The highest BCUT2D eigenvalue weighted by Gasteiger charge is 2.26. The molecule has 0 bridgehead atoms. The average molecular weight is 551 g/mol. The number of amides is 1. The lowest BCUT2D eigenvalue weighted by molar-refractivity contribution is -0.384. The van der Waals surface area contributed by atoms with Crippen molar-refractivity contribution in [3.05, 3.63) is 142 Å². The molecule has 0 saturated carbocycles. The van der Waals surface area contributed by atoms with E-state index in [2.05, 4.69) is 32.6 Å². The van der Waals surface area contributed by atoms with Crippen LogP contribution in [0.15, 0.2) is 109 Å². The van der Waals surface area contributed by atoms with Gasteiger partial charge in [0.25, 0.3) is 11.6 Å². The summed E-state index contributed by atoms with van der Waals surface area (Å²) < 4.78 is 1.86. The Morgan fingerprint density at radius 1 is 0.975 bits per heavy atom. The fourth-order valence-electron chi connectivity index (χ4n) is 4.31. The molecule has 0 aliphatic rings. The summed E-state index contributed by atoms with van der Waals surface area (Å²) in [6.07, 6.45) is 3.58. The van der Waals surface area contributed by atoms with Gasteiger partial charge < -0.3 is 5.32 Å². The number of nitro benzene ring substituents is 1. The number of carbonyl (C=O) groups is 1. The van der Waals surface area contributed by atoms with Crippen LogP contribution in [-0.4, -0.2) is 30.6 Å². The van der Waals surface area contributed by atoms with Crippen molar-refractivity contribution in [2.24, 2.45) is 0 Å². The van der Waals surface area contributed by atoms with Gasteiger partial charge in [0.05, 0.1) is 16.5 Å². The lowest BCUT2D eigenvalue weighted by atomic mass is 10.0. The van der Waals surface area contributed by atoms with Gasteiger partial charge in [0.2, 0.25) is 0 Å². The molecule has 3 aromatic carbocycles. The fraction of sp³-hybridized carbons (Fsp3) is 0.133. The highest BCUT2D eigenvalue weighted by molar-refractivity contribution is 7.98. The molecule has 9 nitrogen and oxygen atoms in total. The lowest BCUT2D eigenvalue weighted by Gasteiger charge is -2.20. The first-order chi connectivity index (χ1) is 19.5. The molecule has 200 valence electrons. The van der Waals surface area contributed by atoms with Crippen molar-refractivity contribution >= 4 is 23.4 Å². The molecule has 0 aliphatic carbocycles. The van der Waals surface area contributed by atoms with Crippen molar-refractivity contribution in [1.29, 1.82) is 0 Å². The number of aryl methyl sites for hydroxylation is 1. The van der Waals surface area contributed by atoms with Gasteiger partial charge in [0, 0.05) is 36.0 Å². The van der Waals surface area contributed by atoms with Crippen LogP contribution in [0.2, 0.25) is 0 Å². The topological polar surface area (TPSA) is 116 Å². The Morgan fingerprint density at radius 2 is 1.75 bits per heavy atom. The van der Waals surface area contributed by atoms with E-state index in [0.29, 0.717) is 34.4 Å². The third kappa shape index (κ3) is 6.41. The van der Waals surface area contributed by atoms with E-state index in [9.17, 15) is 14.9 Å². The first-order valence-corrected chi connectivity index (χ1v) is 13.6. The van der Waals surface area contributed by atoms with Gasteiger partial charge in [-0.25, -0.2) is 0 Å². The number of hydrogen-bond acceptors (Lipinski definition) is 7. The lowest BCUT2D eigenvalue weighted by Crippen LogP contribution is -2.32. The number of hydrogen-bond donors (Lipinski definition) is 1. The summed E-state index contributed by atoms with van der Waals surface area (Å²) in [6.45, 7) is 2.05. The van der Waals surface area contributed by atoms with Gasteiger partial charge in [-0.2, -0.15) is 0 Å². The van der Waals surface area contributed by atoms with E-state index in [1.54, 1.807) is 30.5 Å². The van der Waals surface area contributed by atoms with Crippen LogP contribution in [0.5, 0.6) is 0 Å². The maximum absolute atomic E-state index is 13.2. The third-order valence-corrected chi connectivity index (χ3v) is 7.25.